The molecule has 0 unspecified atom stereocenters. The van der Waals surface area contributed by atoms with Crippen LogP contribution >= 0.6 is 68.8 Å². The molecule has 0 spiro atoms. The number of pyridine rings is 3. The van der Waals surface area contributed by atoms with E-state index >= 15 is 0 Å². The molecule has 368 valence electrons. The number of H-pyrrole nitrogens is 2. The van der Waals surface area contributed by atoms with Gasteiger partial charge < -0.3 is 6.16 Å². The molecular formula is C54H42Cl3N8NaO5S3. The van der Waals surface area contributed by atoms with Gasteiger partial charge in [0.15, 0.2) is 11.6 Å². The predicted octanol–water partition coefficient (Wildman–Crippen LogP) is 10.1. The first-order valence-electron chi connectivity index (χ1n) is 22.2. The van der Waals surface area contributed by atoms with E-state index in [-0.39, 0.29) is 54.5 Å². The van der Waals surface area contributed by atoms with E-state index in [9.17, 15) is 19.2 Å². The second-order valence-corrected chi connectivity index (χ2v) is 20.2. The molecule has 0 radical (unpaired) electrons. The Morgan fingerprint density at radius 1 is 0.541 bits per heavy atom. The van der Waals surface area contributed by atoms with Crippen molar-refractivity contribution in [3.05, 3.63) is 221 Å². The number of halogens is 3. The third kappa shape index (κ3) is 15.2. The van der Waals surface area contributed by atoms with Gasteiger partial charge in [-0.25, -0.2) is 15.0 Å². The molecule has 0 atom stereocenters. The van der Waals surface area contributed by atoms with Crippen LogP contribution in [-0.2, 0) is 28.8 Å². The van der Waals surface area contributed by atoms with Crippen molar-refractivity contribution in [1.29, 1.82) is 0 Å². The molecule has 0 aliphatic heterocycles. The number of nitrogens with zero attached hydrogens (tertiary/aromatic N) is 6. The quantitative estimate of drug-likeness (QED) is 0.0457. The zero-order chi connectivity index (χ0) is 51.3. The van der Waals surface area contributed by atoms with Gasteiger partial charge in [0.25, 0.3) is 5.56 Å². The van der Waals surface area contributed by atoms with E-state index in [0.717, 1.165) is 65.4 Å². The number of ketones is 2. The summed E-state index contributed by atoms with van der Waals surface area (Å²) in [6, 6.07) is 35.5. The molecule has 7 heterocycles. The summed E-state index contributed by atoms with van der Waals surface area (Å²) < 4.78 is 4.61. The topological polar surface area (TPSA) is 186 Å². The molecule has 10 aromatic rings. The minimum absolute atomic E-state index is 0. The molecule has 74 heavy (non-hydrogen) atoms. The first kappa shape index (κ1) is 55.4. The number of aromatic nitrogens is 8. The smallest absolute Gasteiger partial charge is 1.00 e. The van der Waals surface area contributed by atoms with Crippen molar-refractivity contribution in [3.63, 3.8) is 0 Å². The van der Waals surface area contributed by atoms with Crippen LogP contribution in [-0.4, -0.2) is 64.7 Å². The molecule has 0 saturated carbocycles. The van der Waals surface area contributed by atoms with Crippen molar-refractivity contribution in [2.75, 3.05) is 7.11 Å². The van der Waals surface area contributed by atoms with Gasteiger partial charge in [-0.15, -0.1) is 34.0 Å². The number of Topliss-reactive ketones (excluding diaryl/α,β-unsaturated/α-hetero) is 2. The van der Waals surface area contributed by atoms with E-state index in [0.29, 0.717) is 54.8 Å². The van der Waals surface area contributed by atoms with E-state index in [4.69, 9.17) is 39.8 Å². The van der Waals surface area contributed by atoms with Crippen LogP contribution in [0.4, 0.5) is 0 Å². The molecule has 0 aliphatic rings. The molecule has 0 bridgehead atoms. The number of carbonyl (C=O) groups is 3. The number of methoxy groups -OCH3 is 1. The number of esters is 1. The van der Waals surface area contributed by atoms with Gasteiger partial charge in [-0.05, 0) is 89.5 Å². The molecule has 0 saturated heterocycles. The number of aromatic amines is 2. The zero-order valence-corrected chi connectivity index (χ0v) is 46.6. The van der Waals surface area contributed by atoms with Crippen LogP contribution in [0.25, 0.3) is 42.3 Å². The predicted molar refractivity (Wildman–Crippen MR) is 291 cm³/mol. The van der Waals surface area contributed by atoms with Crippen LogP contribution < -0.4 is 35.1 Å². The summed E-state index contributed by atoms with van der Waals surface area (Å²) in [6.07, 6.45) is 11.7. The Morgan fingerprint density at radius 2 is 0.919 bits per heavy atom. The van der Waals surface area contributed by atoms with Crippen LogP contribution in [0.2, 0.25) is 15.1 Å². The number of nitrogens with one attached hydrogen (secondary N) is 2. The fourth-order valence-electron chi connectivity index (χ4n) is 7.10. The minimum Gasteiger partial charge on any atom is -1.00 e. The summed E-state index contributed by atoms with van der Waals surface area (Å²) in [5.74, 6) is -0.813. The Bertz CT molecular complexity index is 3530. The number of thiazole rings is 3. The second kappa shape index (κ2) is 26.8. The summed E-state index contributed by atoms with van der Waals surface area (Å²) in [5, 5.41) is 10.0. The molecule has 7 aromatic heterocycles. The number of hydrogen-bond acceptors (Lipinski definition) is 14. The monoisotopic (exact) mass is 1110 g/mol. The third-order valence-electron chi connectivity index (χ3n) is 10.7. The van der Waals surface area contributed by atoms with Crippen molar-refractivity contribution < 1.29 is 50.1 Å². The maximum atomic E-state index is 12.6. The Morgan fingerprint density at radius 3 is 1.31 bits per heavy atom. The number of benzene rings is 3. The Labute approximate surface area is 475 Å². The van der Waals surface area contributed by atoms with Gasteiger partial charge in [0.2, 0.25) is 0 Å². The SMILES string of the molecule is CC(=O)c1sc(-c2ccncc2)nc1Cc1ccc(Cl)cc1.COC(=O)CC(=O)c1sc(-c2ccncc2)nc1Cc1ccc(Cl)cc1.O=c1cc(-c2sc(-c3ccncc3)nc2Cc2ccc(Cl)cc2)[nH][nH]1.[H-].[Na+]. The molecule has 3 aromatic carbocycles. The summed E-state index contributed by atoms with van der Waals surface area (Å²) in [7, 11) is 1.26. The first-order valence-corrected chi connectivity index (χ1v) is 25.8. The van der Waals surface area contributed by atoms with Crippen molar-refractivity contribution in [1.82, 2.24) is 40.1 Å². The molecule has 20 heteroatoms. The van der Waals surface area contributed by atoms with Gasteiger partial charge in [0.05, 0.1) is 44.5 Å². The van der Waals surface area contributed by atoms with E-state index in [1.54, 1.807) is 73.6 Å². The van der Waals surface area contributed by atoms with Crippen LogP contribution in [0, 0.1) is 0 Å². The van der Waals surface area contributed by atoms with E-state index < -0.39 is 5.97 Å². The number of ether oxygens (including phenoxy) is 1. The van der Waals surface area contributed by atoms with E-state index in [1.165, 1.54) is 29.8 Å². The van der Waals surface area contributed by atoms with Gasteiger partial charge in [-0.2, -0.15) is 0 Å². The van der Waals surface area contributed by atoms with Gasteiger partial charge in [0.1, 0.15) is 21.4 Å². The van der Waals surface area contributed by atoms with Crippen molar-refractivity contribution in [2.24, 2.45) is 0 Å². The summed E-state index contributed by atoms with van der Waals surface area (Å²) >= 11 is 22.0. The van der Waals surface area contributed by atoms with E-state index in [2.05, 4.69) is 39.9 Å². The summed E-state index contributed by atoms with van der Waals surface area (Å²) in [6.45, 7) is 1.58. The maximum absolute atomic E-state index is 12.6. The first-order chi connectivity index (χ1) is 35.4. The van der Waals surface area contributed by atoms with Crippen LogP contribution in [0.1, 0.15) is 67.9 Å². The Kier molecular flexibility index (Phi) is 20.1. The third-order valence-corrected chi connectivity index (χ3v) is 15.0. The number of hydrogen-bond donors (Lipinski definition) is 2. The fraction of sp³-hybridized carbons (Fsp3) is 0.111. The van der Waals surface area contributed by atoms with Gasteiger partial charge in [-0.1, -0.05) is 71.2 Å². The number of carbonyl (C=O) groups excluding carboxylic acids is 3. The van der Waals surface area contributed by atoms with Crippen molar-refractivity contribution >= 4 is 86.3 Å². The molecule has 0 aliphatic carbocycles. The molecule has 13 nitrogen and oxygen atoms in total. The fourth-order valence-corrected chi connectivity index (χ4v) is 10.5. The average Bonchev–Trinajstić information content (AvgIpc) is 4.24. The molecule has 10 rings (SSSR count). The average molecular weight is 1110 g/mol. The molecule has 2 N–H and O–H groups in total. The van der Waals surface area contributed by atoms with Crippen LogP contribution in [0.5, 0.6) is 0 Å². The van der Waals surface area contributed by atoms with Crippen LogP contribution in [0.3, 0.4) is 0 Å². The standard InChI is InChI=1S/C19H15ClN2O3S.C18H13ClN4OS.C17H13ClN2OS.Na.H/c1-25-17(24)11-16(23)18-15(10-12-2-4-14(20)5-3-12)22-19(26-18)13-6-8-21-9-7-13;19-13-3-1-11(2-4-13)9-14-17(15-10-16(24)23-22-15)25-18(21-14)12-5-7-20-8-6-12;1-11(21)16-15(10-12-2-4-14(18)5-3-12)20-17(22-16)13-6-8-19-9-7-13;;/h2-9H,10-11H2,1H3;1-8,10H,9H2,(H2,22,23,24);2-9H,10H2,1H3;;/q;;;+1;-1. The van der Waals surface area contributed by atoms with Gasteiger partial charge >= 0.3 is 35.5 Å². The minimum atomic E-state index is -0.564. The Hall–Kier alpha value is -6.31. The van der Waals surface area contributed by atoms with E-state index in [1.807, 2.05) is 97.1 Å². The maximum Gasteiger partial charge on any atom is 1.00 e. The largest absolute Gasteiger partial charge is 1.00 e. The molecule has 0 fully saturated rings. The van der Waals surface area contributed by atoms with Crippen LogP contribution in [0.15, 0.2) is 157 Å². The van der Waals surface area contributed by atoms with Crippen molar-refractivity contribution in [3.8, 4) is 42.3 Å². The molecular weight excluding hydrogens is 1070 g/mol. The molecule has 0 amide bonds. The van der Waals surface area contributed by atoms with Gasteiger partial charge in [-0.3, -0.25) is 44.3 Å². The second-order valence-electron chi connectivity index (χ2n) is 15.9. The summed E-state index contributed by atoms with van der Waals surface area (Å²) in [5.41, 5.74) is 8.96. The zero-order valence-electron chi connectivity index (χ0n) is 40.8. The Balaban J connectivity index is 0.000000181. The normalized spacial score (nSPS) is 10.6. The van der Waals surface area contributed by atoms with Crippen molar-refractivity contribution in [2.45, 2.75) is 32.6 Å². The van der Waals surface area contributed by atoms with Gasteiger partial charge in [0, 0.05) is 101 Å². The number of rotatable bonds is 14. The summed E-state index contributed by atoms with van der Waals surface area (Å²) in [4.78, 5) is 75.8.